The number of nitro benzene ring substituents is 2. The zero-order chi connectivity index (χ0) is 20.1. The van der Waals surface area contributed by atoms with Crippen LogP contribution in [0, 0.1) is 20.2 Å². The molecule has 3 rings (SSSR count). The Morgan fingerprint density at radius 3 is 2.43 bits per heavy atom. The summed E-state index contributed by atoms with van der Waals surface area (Å²) in [4.78, 5) is 36.9. The second-order valence-corrected chi connectivity index (χ2v) is 6.38. The first-order chi connectivity index (χ1) is 13.4. The van der Waals surface area contributed by atoms with Gasteiger partial charge in [0, 0.05) is 41.3 Å². The summed E-state index contributed by atoms with van der Waals surface area (Å²) in [5, 5.41) is 26.2. The zero-order valence-electron chi connectivity index (χ0n) is 14.1. The minimum Gasteiger partial charge on any atom is -0.298 e. The Labute approximate surface area is 162 Å². The zero-order valence-corrected chi connectivity index (χ0v) is 15.0. The van der Waals surface area contributed by atoms with Gasteiger partial charge in [0.25, 0.3) is 11.4 Å². The van der Waals surface area contributed by atoms with E-state index in [2.05, 4.69) is 10.3 Å². The van der Waals surface area contributed by atoms with Crippen molar-refractivity contribution in [2.24, 2.45) is 0 Å². The van der Waals surface area contributed by atoms with Crippen LogP contribution >= 0.6 is 11.3 Å². The molecule has 0 saturated heterocycles. The van der Waals surface area contributed by atoms with Gasteiger partial charge < -0.3 is 0 Å². The summed E-state index contributed by atoms with van der Waals surface area (Å²) in [5.74, 6) is -0.452. The number of non-ortho nitro benzene ring substituents is 2. The van der Waals surface area contributed by atoms with E-state index in [0.717, 1.165) is 0 Å². The Bertz CT molecular complexity index is 1090. The number of thiazole rings is 1. The van der Waals surface area contributed by atoms with Crippen LogP contribution < -0.4 is 5.32 Å². The maximum absolute atomic E-state index is 12.0. The smallest absolute Gasteiger partial charge is 0.270 e. The van der Waals surface area contributed by atoms with Crippen molar-refractivity contribution in [3.63, 3.8) is 0 Å². The first-order valence-electron chi connectivity index (χ1n) is 7.86. The van der Waals surface area contributed by atoms with Crippen molar-refractivity contribution in [2.45, 2.75) is 0 Å². The van der Waals surface area contributed by atoms with Crippen LogP contribution in [0.3, 0.4) is 0 Å². The summed E-state index contributed by atoms with van der Waals surface area (Å²) >= 11 is 1.18. The van der Waals surface area contributed by atoms with Gasteiger partial charge in [-0.15, -0.1) is 11.3 Å². The molecule has 0 radical (unpaired) electrons. The first-order valence-corrected chi connectivity index (χ1v) is 8.74. The number of anilines is 1. The summed E-state index contributed by atoms with van der Waals surface area (Å²) in [6.45, 7) is 0. The molecule has 28 heavy (non-hydrogen) atoms. The number of nitro groups is 2. The highest BCUT2D eigenvalue weighted by Gasteiger charge is 2.11. The van der Waals surface area contributed by atoms with Crippen molar-refractivity contribution < 1.29 is 14.6 Å². The molecule has 1 amide bonds. The molecule has 0 spiro atoms. The molecule has 0 aliphatic heterocycles. The average Bonchev–Trinajstić information content (AvgIpc) is 3.15. The highest BCUT2D eigenvalue weighted by Crippen LogP contribution is 2.27. The summed E-state index contributed by atoms with van der Waals surface area (Å²) < 4.78 is 0. The van der Waals surface area contributed by atoms with Crippen LogP contribution in [0.4, 0.5) is 16.5 Å². The lowest BCUT2D eigenvalue weighted by atomic mass is 10.1. The molecule has 3 aromatic rings. The van der Waals surface area contributed by atoms with Crippen molar-refractivity contribution in [1.29, 1.82) is 0 Å². The fraction of sp³-hybridized carbons (Fsp3) is 0. The predicted octanol–water partition coefficient (Wildman–Crippen LogP) is 4.28. The predicted molar refractivity (Wildman–Crippen MR) is 105 cm³/mol. The molecule has 0 saturated carbocycles. The Morgan fingerprint density at radius 2 is 1.71 bits per heavy atom. The van der Waals surface area contributed by atoms with Crippen molar-refractivity contribution in [3.05, 3.63) is 85.8 Å². The highest BCUT2D eigenvalue weighted by atomic mass is 32.1. The molecule has 0 atom stereocenters. The highest BCUT2D eigenvalue weighted by molar-refractivity contribution is 7.14. The van der Waals surface area contributed by atoms with Crippen molar-refractivity contribution in [1.82, 2.24) is 4.98 Å². The quantitative estimate of drug-likeness (QED) is 0.376. The molecule has 140 valence electrons. The third-order valence-electron chi connectivity index (χ3n) is 3.60. The van der Waals surface area contributed by atoms with Crippen LogP contribution in [0.2, 0.25) is 0 Å². The van der Waals surface area contributed by atoms with Crippen LogP contribution in [0.1, 0.15) is 5.56 Å². The Kier molecular flexibility index (Phi) is 5.51. The van der Waals surface area contributed by atoms with Gasteiger partial charge >= 0.3 is 0 Å². The molecule has 0 unspecified atom stereocenters. The number of carbonyl (C=O) groups excluding carboxylic acids is 1. The van der Waals surface area contributed by atoms with Gasteiger partial charge in [-0.1, -0.05) is 24.3 Å². The van der Waals surface area contributed by atoms with E-state index >= 15 is 0 Å². The first kappa shape index (κ1) is 18.9. The second-order valence-electron chi connectivity index (χ2n) is 5.52. The number of rotatable bonds is 6. The van der Waals surface area contributed by atoms with E-state index < -0.39 is 15.8 Å². The number of hydrogen-bond donors (Lipinski definition) is 1. The average molecular weight is 396 g/mol. The van der Waals surface area contributed by atoms with E-state index in [1.165, 1.54) is 53.8 Å². The molecular formula is C18H12N4O5S. The van der Waals surface area contributed by atoms with Gasteiger partial charge in [-0.25, -0.2) is 4.98 Å². The number of aromatic nitrogens is 1. The molecule has 0 bridgehead atoms. The standard InChI is InChI=1S/C18H12N4O5S/c23-17(8-7-12-3-1-5-14(9-12)21(24)25)20-18-19-16(11-28-18)13-4-2-6-15(10-13)22(26)27/h1-11H,(H,19,20,23). The van der Waals surface area contributed by atoms with E-state index in [1.54, 1.807) is 23.6 Å². The number of nitrogens with zero attached hydrogens (tertiary/aromatic N) is 3. The molecular weight excluding hydrogens is 384 g/mol. The van der Waals surface area contributed by atoms with E-state index in [0.29, 0.717) is 22.0 Å². The molecule has 2 aromatic carbocycles. The fourth-order valence-electron chi connectivity index (χ4n) is 2.30. The van der Waals surface area contributed by atoms with Gasteiger partial charge in [0.15, 0.2) is 5.13 Å². The second kappa shape index (κ2) is 8.18. The summed E-state index contributed by atoms with van der Waals surface area (Å²) in [6, 6.07) is 11.9. The Balaban J connectivity index is 1.69. The largest absolute Gasteiger partial charge is 0.298 e. The van der Waals surface area contributed by atoms with Gasteiger partial charge in [0.1, 0.15) is 0 Å². The summed E-state index contributed by atoms with van der Waals surface area (Å²) in [5.41, 5.74) is 1.48. The number of benzene rings is 2. The summed E-state index contributed by atoms with van der Waals surface area (Å²) in [7, 11) is 0. The maximum atomic E-state index is 12.0. The van der Waals surface area contributed by atoms with Crippen LogP contribution in [0.15, 0.2) is 60.0 Å². The lowest BCUT2D eigenvalue weighted by Crippen LogP contribution is -2.07. The fourth-order valence-corrected chi connectivity index (χ4v) is 3.03. The number of amides is 1. The Morgan fingerprint density at radius 1 is 1.04 bits per heavy atom. The van der Waals surface area contributed by atoms with Crippen LogP contribution in [0.5, 0.6) is 0 Å². The maximum Gasteiger partial charge on any atom is 0.270 e. The van der Waals surface area contributed by atoms with E-state index in [-0.39, 0.29) is 11.4 Å². The van der Waals surface area contributed by atoms with Gasteiger partial charge in [-0.3, -0.25) is 30.3 Å². The molecule has 1 heterocycles. The normalized spacial score (nSPS) is 10.7. The van der Waals surface area contributed by atoms with Gasteiger partial charge in [0.05, 0.1) is 15.5 Å². The van der Waals surface area contributed by atoms with Crippen molar-refractivity contribution >= 4 is 39.8 Å². The number of carbonyl (C=O) groups is 1. The molecule has 10 heteroatoms. The van der Waals surface area contributed by atoms with Crippen LogP contribution in [-0.2, 0) is 4.79 Å². The SMILES string of the molecule is O=C(C=Cc1cccc([N+](=O)[O-])c1)Nc1nc(-c2cccc([N+](=O)[O-])c2)cs1. The lowest BCUT2D eigenvalue weighted by molar-refractivity contribution is -0.385. The lowest BCUT2D eigenvalue weighted by Gasteiger charge is -1.98. The number of nitrogens with one attached hydrogen (secondary N) is 1. The molecule has 0 aliphatic rings. The third kappa shape index (κ3) is 4.62. The molecule has 9 nitrogen and oxygen atoms in total. The van der Waals surface area contributed by atoms with Crippen LogP contribution in [-0.4, -0.2) is 20.7 Å². The Hall–Kier alpha value is -3.92. The monoisotopic (exact) mass is 396 g/mol. The third-order valence-corrected chi connectivity index (χ3v) is 4.35. The number of hydrogen-bond acceptors (Lipinski definition) is 7. The van der Waals surface area contributed by atoms with Gasteiger partial charge in [-0.2, -0.15) is 0 Å². The van der Waals surface area contributed by atoms with E-state index in [1.807, 2.05) is 0 Å². The molecule has 0 fully saturated rings. The minimum absolute atomic E-state index is 0.0454. The minimum atomic E-state index is -0.511. The molecule has 1 aromatic heterocycles. The van der Waals surface area contributed by atoms with E-state index in [4.69, 9.17) is 0 Å². The van der Waals surface area contributed by atoms with Crippen molar-refractivity contribution in [2.75, 3.05) is 5.32 Å². The molecule has 1 N–H and O–H groups in total. The van der Waals surface area contributed by atoms with Gasteiger partial charge in [0.2, 0.25) is 5.91 Å². The summed E-state index contributed by atoms with van der Waals surface area (Å²) in [6.07, 6.45) is 2.70. The van der Waals surface area contributed by atoms with Crippen LogP contribution in [0.25, 0.3) is 17.3 Å². The topological polar surface area (TPSA) is 128 Å². The van der Waals surface area contributed by atoms with Gasteiger partial charge in [-0.05, 0) is 11.6 Å². The molecule has 0 aliphatic carbocycles. The van der Waals surface area contributed by atoms with E-state index in [9.17, 15) is 25.0 Å². The van der Waals surface area contributed by atoms with Crippen molar-refractivity contribution in [3.8, 4) is 11.3 Å².